The molecule has 2 aromatic rings. The Morgan fingerprint density at radius 2 is 1.80 bits per heavy atom. The lowest BCUT2D eigenvalue weighted by molar-refractivity contribution is -0.138. The van der Waals surface area contributed by atoms with Gasteiger partial charge in [-0.05, 0) is 86.9 Å². The molecule has 188 valence electrons. The highest BCUT2D eigenvalue weighted by molar-refractivity contribution is 6.31. The summed E-state index contributed by atoms with van der Waals surface area (Å²) in [6.07, 6.45) is 6.95. The van der Waals surface area contributed by atoms with Crippen LogP contribution >= 0.6 is 11.6 Å². The lowest BCUT2D eigenvalue weighted by atomic mass is 9.86. The number of amides is 1. The molecule has 7 nitrogen and oxygen atoms in total. The molecular weight excluding hydrogens is 462 g/mol. The van der Waals surface area contributed by atoms with E-state index in [-0.39, 0.29) is 17.4 Å². The fraction of sp³-hybridized carbons (Fsp3) is 0.556. The fourth-order valence-electron chi connectivity index (χ4n) is 6.04. The van der Waals surface area contributed by atoms with Gasteiger partial charge in [0.25, 0.3) is 0 Å². The van der Waals surface area contributed by atoms with E-state index in [1.165, 1.54) is 0 Å². The molecular formula is C27H36ClN5O2. The summed E-state index contributed by atoms with van der Waals surface area (Å²) in [6, 6.07) is 7.31. The van der Waals surface area contributed by atoms with Crippen molar-refractivity contribution in [3.8, 4) is 0 Å². The van der Waals surface area contributed by atoms with Crippen molar-refractivity contribution in [2.75, 3.05) is 46.3 Å². The molecule has 0 saturated carbocycles. The average Bonchev–Trinajstić information content (AvgIpc) is 2.86. The zero-order valence-corrected chi connectivity index (χ0v) is 21.3. The van der Waals surface area contributed by atoms with Crippen molar-refractivity contribution in [3.05, 3.63) is 57.1 Å². The number of halogens is 1. The topological polar surface area (TPSA) is 85.7 Å². The molecule has 2 fully saturated rings. The third kappa shape index (κ3) is 5.36. The fourth-order valence-corrected chi connectivity index (χ4v) is 6.21. The van der Waals surface area contributed by atoms with E-state index in [0.29, 0.717) is 16.8 Å². The van der Waals surface area contributed by atoms with Crippen LogP contribution < -0.4 is 11.3 Å². The molecule has 0 bridgehead atoms. The molecule has 8 heteroatoms. The molecule has 0 spiro atoms. The predicted octanol–water partition coefficient (Wildman–Crippen LogP) is 3.35. The van der Waals surface area contributed by atoms with Crippen LogP contribution in [0.15, 0.2) is 41.0 Å². The largest absolute Gasteiger partial charge is 0.386 e. The smallest absolute Gasteiger partial charge is 0.248 e. The summed E-state index contributed by atoms with van der Waals surface area (Å²) in [5, 5.41) is 1.68. The number of carbonyl (C=O) groups excluding carboxylic acids is 1. The van der Waals surface area contributed by atoms with E-state index in [9.17, 15) is 9.59 Å². The van der Waals surface area contributed by atoms with Crippen LogP contribution in [0.3, 0.4) is 0 Å². The van der Waals surface area contributed by atoms with Gasteiger partial charge in [-0.15, -0.1) is 0 Å². The Bertz CT molecular complexity index is 1160. The van der Waals surface area contributed by atoms with Crippen LogP contribution in [0.4, 0.5) is 0 Å². The highest BCUT2D eigenvalue weighted by atomic mass is 35.5. The Labute approximate surface area is 211 Å². The van der Waals surface area contributed by atoms with Crippen molar-refractivity contribution in [2.24, 2.45) is 17.6 Å². The summed E-state index contributed by atoms with van der Waals surface area (Å²) in [7, 11) is 2.04. The van der Waals surface area contributed by atoms with Crippen LogP contribution in [0.5, 0.6) is 0 Å². The Morgan fingerprint density at radius 1 is 1.06 bits per heavy atom. The van der Waals surface area contributed by atoms with E-state index in [1.807, 2.05) is 19.2 Å². The molecule has 35 heavy (non-hydrogen) atoms. The standard InChI is InChI=1S/C27H36ClN5O2/c1-31-9-4-18(14-25(31)29)17-32-10-5-20(6-11-32)27(35)33-12-7-19(8-13-33)22-16-26(34)30-24-3-2-21(28)15-23(22)24/h2-3,14-16,18-20H,4-13,17,29H2,1H3,(H,30,34). The lowest BCUT2D eigenvalue weighted by Gasteiger charge is -2.38. The molecule has 0 aliphatic carbocycles. The minimum atomic E-state index is -0.0847. The number of aromatic amines is 1. The highest BCUT2D eigenvalue weighted by Crippen LogP contribution is 2.34. The Kier molecular flexibility index (Phi) is 7.07. The van der Waals surface area contributed by atoms with Gasteiger partial charge in [0.15, 0.2) is 0 Å². The van der Waals surface area contributed by atoms with Gasteiger partial charge in [-0.2, -0.15) is 0 Å². The zero-order valence-electron chi connectivity index (χ0n) is 20.5. The molecule has 1 aromatic carbocycles. The first-order chi connectivity index (χ1) is 16.9. The van der Waals surface area contributed by atoms with E-state index < -0.39 is 0 Å². The van der Waals surface area contributed by atoms with Gasteiger partial charge in [-0.1, -0.05) is 11.6 Å². The second-order valence-electron chi connectivity index (χ2n) is 10.5. The summed E-state index contributed by atoms with van der Waals surface area (Å²) in [5.41, 5.74) is 7.89. The highest BCUT2D eigenvalue weighted by Gasteiger charge is 2.32. The van der Waals surface area contributed by atoms with Crippen LogP contribution in [0.2, 0.25) is 5.02 Å². The molecule has 4 heterocycles. The van der Waals surface area contributed by atoms with Gasteiger partial charge in [0.2, 0.25) is 11.5 Å². The van der Waals surface area contributed by atoms with Gasteiger partial charge < -0.3 is 25.4 Å². The van der Waals surface area contributed by atoms with Crippen molar-refractivity contribution in [2.45, 2.75) is 38.0 Å². The Hall–Kier alpha value is -2.51. The molecule has 3 N–H and O–H groups in total. The maximum Gasteiger partial charge on any atom is 0.248 e. The summed E-state index contributed by atoms with van der Waals surface area (Å²) in [5.74, 6) is 2.09. The number of hydrogen-bond donors (Lipinski definition) is 2. The predicted molar refractivity (Wildman–Crippen MR) is 140 cm³/mol. The van der Waals surface area contributed by atoms with E-state index in [1.54, 1.807) is 12.1 Å². The average molecular weight is 498 g/mol. The van der Waals surface area contributed by atoms with Crippen LogP contribution in [-0.4, -0.2) is 71.9 Å². The molecule has 1 amide bonds. The molecule has 3 aliphatic heterocycles. The van der Waals surface area contributed by atoms with Gasteiger partial charge in [0.05, 0.1) is 5.82 Å². The molecule has 5 rings (SSSR count). The van der Waals surface area contributed by atoms with Crippen LogP contribution in [0.25, 0.3) is 10.9 Å². The van der Waals surface area contributed by atoms with E-state index in [4.69, 9.17) is 17.3 Å². The van der Waals surface area contributed by atoms with Crippen molar-refractivity contribution in [1.82, 2.24) is 19.7 Å². The number of carbonyl (C=O) groups is 1. The number of hydrogen-bond acceptors (Lipinski definition) is 5. The molecule has 1 aromatic heterocycles. The number of piperidine rings is 2. The number of nitrogens with zero attached hydrogens (tertiary/aromatic N) is 3. The maximum atomic E-state index is 13.3. The van der Waals surface area contributed by atoms with E-state index >= 15 is 0 Å². The zero-order chi connectivity index (χ0) is 24.5. The van der Waals surface area contributed by atoms with Gasteiger partial charge in [-0.25, -0.2) is 0 Å². The van der Waals surface area contributed by atoms with Crippen LogP contribution in [0.1, 0.15) is 43.6 Å². The molecule has 3 aliphatic rings. The van der Waals surface area contributed by atoms with Gasteiger partial charge in [-0.3, -0.25) is 9.59 Å². The summed E-state index contributed by atoms with van der Waals surface area (Å²) in [4.78, 5) is 35.1. The first kappa shape index (κ1) is 24.2. The van der Waals surface area contributed by atoms with E-state index in [0.717, 1.165) is 93.7 Å². The number of nitrogens with one attached hydrogen (secondary N) is 1. The monoisotopic (exact) mass is 497 g/mol. The van der Waals surface area contributed by atoms with Crippen molar-refractivity contribution >= 4 is 28.4 Å². The Morgan fingerprint density at radius 3 is 2.51 bits per heavy atom. The number of fused-ring (bicyclic) bond motifs is 1. The molecule has 2 saturated heterocycles. The lowest BCUT2D eigenvalue weighted by Crippen LogP contribution is -2.46. The molecule has 0 radical (unpaired) electrons. The number of pyridine rings is 1. The van der Waals surface area contributed by atoms with Gasteiger partial charge in [0.1, 0.15) is 0 Å². The number of likely N-dealkylation sites (tertiary alicyclic amines) is 2. The third-order valence-corrected chi connectivity index (χ3v) is 8.43. The second-order valence-corrected chi connectivity index (χ2v) is 11.0. The summed E-state index contributed by atoms with van der Waals surface area (Å²) in [6.45, 7) is 5.50. The quantitative estimate of drug-likeness (QED) is 0.676. The van der Waals surface area contributed by atoms with Crippen molar-refractivity contribution in [3.63, 3.8) is 0 Å². The first-order valence-corrected chi connectivity index (χ1v) is 13.3. The van der Waals surface area contributed by atoms with Gasteiger partial charge in [0, 0.05) is 61.1 Å². The minimum absolute atomic E-state index is 0.0847. The number of benzene rings is 1. The number of rotatable bonds is 4. The normalized spacial score (nSPS) is 23.0. The van der Waals surface area contributed by atoms with Crippen molar-refractivity contribution in [1.29, 1.82) is 0 Å². The SMILES string of the molecule is CN1CCC(CN2CCC(C(=O)N3CCC(c4cc(=O)[nH]c5ccc(Cl)cc45)CC3)CC2)C=C1N. The minimum Gasteiger partial charge on any atom is -0.386 e. The summed E-state index contributed by atoms with van der Waals surface area (Å²) < 4.78 is 0. The molecule has 1 unspecified atom stereocenters. The number of H-pyrrole nitrogens is 1. The Balaban J connectivity index is 1.15. The molecule has 1 atom stereocenters. The number of aromatic nitrogens is 1. The second kappa shape index (κ2) is 10.2. The van der Waals surface area contributed by atoms with Crippen LogP contribution in [0, 0.1) is 11.8 Å². The van der Waals surface area contributed by atoms with Crippen LogP contribution in [-0.2, 0) is 4.79 Å². The van der Waals surface area contributed by atoms with Crippen molar-refractivity contribution < 1.29 is 4.79 Å². The first-order valence-electron chi connectivity index (χ1n) is 12.9. The maximum absolute atomic E-state index is 13.3. The third-order valence-electron chi connectivity index (χ3n) is 8.20. The van der Waals surface area contributed by atoms with Gasteiger partial charge >= 0.3 is 0 Å². The summed E-state index contributed by atoms with van der Waals surface area (Å²) >= 11 is 6.24. The number of nitrogens with two attached hydrogens (primary N) is 1. The van der Waals surface area contributed by atoms with E-state index in [2.05, 4.69) is 25.8 Å².